The van der Waals surface area contributed by atoms with Gasteiger partial charge in [-0.2, -0.15) is 13.2 Å². The van der Waals surface area contributed by atoms with Crippen molar-refractivity contribution in [3.05, 3.63) is 34.4 Å². The van der Waals surface area contributed by atoms with Crippen LogP contribution in [0.15, 0.2) is 24.5 Å². The van der Waals surface area contributed by atoms with Gasteiger partial charge in [-0.25, -0.2) is 9.97 Å². The molecule has 0 unspecified atom stereocenters. The second kappa shape index (κ2) is 7.14. The van der Waals surface area contributed by atoms with Gasteiger partial charge in [0.25, 0.3) is 5.91 Å². The molecule has 4 rings (SSSR count). The first-order valence-corrected chi connectivity index (χ1v) is 9.63. The topological polar surface area (TPSA) is 88.4 Å². The Hall–Kier alpha value is -2.95. The number of aryl methyl sites for hydroxylation is 1. The van der Waals surface area contributed by atoms with Crippen molar-refractivity contribution in [2.75, 3.05) is 11.9 Å². The number of thiazole rings is 1. The van der Waals surface area contributed by atoms with Crippen LogP contribution in [-0.2, 0) is 4.79 Å². The van der Waals surface area contributed by atoms with Crippen LogP contribution in [0.1, 0.15) is 27.5 Å². The standard InChI is InChI=1S/C18H16F3N5O2S/c1-9-14(25-17(29-9)16(28)22-8-18(19,20)21)11-4-5-13-23-12(7-26(13)6-11)24-15(27)10-2-3-10/h4-7,10H,2-3,8H2,1H3,(H,22,28)(H,24,27). The van der Waals surface area contributed by atoms with Crippen molar-refractivity contribution in [2.45, 2.75) is 25.9 Å². The second-order valence-electron chi connectivity index (χ2n) is 6.79. The third-order valence-electron chi connectivity index (χ3n) is 4.36. The fourth-order valence-electron chi connectivity index (χ4n) is 2.78. The van der Waals surface area contributed by atoms with Gasteiger partial charge in [0.15, 0.2) is 10.8 Å². The number of nitrogens with one attached hydrogen (secondary N) is 2. The molecule has 152 valence electrons. The van der Waals surface area contributed by atoms with E-state index >= 15 is 0 Å². The molecule has 11 heteroatoms. The van der Waals surface area contributed by atoms with E-state index in [-0.39, 0.29) is 16.8 Å². The fraction of sp³-hybridized carbons (Fsp3) is 0.333. The van der Waals surface area contributed by atoms with E-state index in [4.69, 9.17) is 0 Å². The number of fused-ring (bicyclic) bond motifs is 1. The number of aromatic nitrogens is 3. The highest BCUT2D eigenvalue weighted by molar-refractivity contribution is 7.14. The number of imidazole rings is 1. The smallest absolute Gasteiger partial charge is 0.341 e. The lowest BCUT2D eigenvalue weighted by atomic mass is 10.2. The van der Waals surface area contributed by atoms with Crippen LogP contribution >= 0.6 is 11.3 Å². The third-order valence-corrected chi connectivity index (χ3v) is 5.33. The Balaban J connectivity index is 1.55. The Labute approximate surface area is 167 Å². The fourth-order valence-corrected chi connectivity index (χ4v) is 3.64. The number of amides is 2. The van der Waals surface area contributed by atoms with Gasteiger partial charge in [-0.05, 0) is 31.9 Å². The van der Waals surface area contributed by atoms with E-state index in [1.807, 2.05) is 5.32 Å². The van der Waals surface area contributed by atoms with E-state index in [1.165, 1.54) is 0 Å². The third kappa shape index (κ3) is 4.39. The zero-order chi connectivity index (χ0) is 20.8. The molecule has 0 radical (unpaired) electrons. The molecule has 7 nitrogen and oxygen atoms in total. The summed E-state index contributed by atoms with van der Waals surface area (Å²) in [5.41, 5.74) is 1.81. The molecule has 0 aliphatic heterocycles. The Morgan fingerprint density at radius 1 is 1.24 bits per heavy atom. The van der Waals surface area contributed by atoms with Crippen molar-refractivity contribution in [1.29, 1.82) is 0 Å². The Morgan fingerprint density at radius 2 is 2.00 bits per heavy atom. The van der Waals surface area contributed by atoms with Gasteiger partial charge in [0.2, 0.25) is 5.91 Å². The molecule has 0 atom stereocenters. The first kappa shape index (κ1) is 19.4. The van der Waals surface area contributed by atoms with Gasteiger partial charge in [-0.1, -0.05) is 0 Å². The molecule has 29 heavy (non-hydrogen) atoms. The minimum Gasteiger partial charge on any atom is -0.341 e. The Bertz CT molecular complexity index is 1100. The summed E-state index contributed by atoms with van der Waals surface area (Å²) in [6.07, 6.45) is 0.729. The minimum absolute atomic E-state index is 0.0372. The van der Waals surface area contributed by atoms with Crippen molar-refractivity contribution in [2.24, 2.45) is 5.92 Å². The normalized spacial score (nSPS) is 14.2. The summed E-state index contributed by atoms with van der Waals surface area (Å²) >= 11 is 1.02. The van der Waals surface area contributed by atoms with Gasteiger partial charge in [0, 0.05) is 22.6 Å². The Kier molecular flexibility index (Phi) is 4.77. The summed E-state index contributed by atoms with van der Waals surface area (Å²) in [5, 5.41) is 4.57. The van der Waals surface area contributed by atoms with Crippen molar-refractivity contribution in [3.8, 4) is 11.3 Å². The van der Waals surface area contributed by atoms with E-state index in [1.54, 1.807) is 35.9 Å². The van der Waals surface area contributed by atoms with Gasteiger partial charge in [0.05, 0.1) is 11.9 Å². The molecule has 3 aromatic heterocycles. The van der Waals surface area contributed by atoms with E-state index in [0.717, 1.165) is 24.2 Å². The molecular weight excluding hydrogens is 407 g/mol. The first-order chi connectivity index (χ1) is 13.7. The van der Waals surface area contributed by atoms with Crippen molar-refractivity contribution in [3.63, 3.8) is 0 Å². The van der Waals surface area contributed by atoms with Crippen LogP contribution < -0.4 is 10.6 Å². The van der Waals surface area contributed by atoms with Crippen LogP contribution in [0.3, 0.4) is 0 Å². The number of anilines is 1. The van der Waals surface area contributed by atoms with E-state index < -0.39 is 18.6 Å². The van der Waals surface area contributed by atoms with Gasteiger partial charge < -0.3 is 15.0 Å². The van der Waals surface area contributed by atoms with Crippen molar-refractivity contribution >= 4 is 34.6 Å². The summed E-state index contributed by atoms with van der Waals surface area (Å²) in [6.45, 7) is 0.336. The molecular formula is C18H16F3N5O2S. The van der Waals surface area contributed by atoms with Gasteiger partial charge in [-0.15, -0.1) is 11.3 Å². The van der Waals surface area contributed by atoms with Crippen molar-refractivity contribution < 1.29 is 22.8 Å². The molecule has 2 amide bonds. The number of halogens is 3. The number of rotatable bonds is 5. The van der Waals surface area contributed by atoms with Crippen LogP contribution in [0.4, 0.5) is 19.0 Å². The van der Waals surface area contributed by atoms with Crippen LogP contribution in [0, 0.1) is 12.8 Å². The number of nitrogens with zero attached hydrogens (tertiary/aromatic N) is 3. The van der Waals surface area contributed by atoms with Gasteiger partial charge >= 0.3 is 6.18 Å². The molecule has 0 spiro atoms. The number of hydrogen-bond acceptors (Lipinski definition) is 5. The zero-order valence-electron chi connectivity index (χ0n) is 15.2. The maximum atomic E-state index is 12.3. The summed E-state index contributed by atoms with van der Waals surface area (Å²) in [4.78, 5) is 33.1. The predicted molar refractivity (Wildman–Crippen MR) is 101 cm³/mol. The first-order valence-electron chi connectivity index (χ1n) is 8.82. The average molecular weight is 423 g/mol. The summed E-state index contributed by atoms with van der Waals surface area (Å²) in [6, 6.07) is 3.50. The summed E-state index contributed by atoms with van der Waals surface area (Å²) in [7, 11) is 0. The average Bonchev–Trinajstić information content (AvgIpc) is 3.32. The van der Waals surface area contributed by atoms with E-state index in [2.05, 4.69) is 15.3 Å². The number of hydrogen-bond donors (Lipinski definition) is 2. The maximum Gasteiger partial charge on any atom is 0.405 e. The minimum atomic E-state index is -4.48. The lowest BCUT2D eigenvalue weighted by Gasteiger charge is -2.06. The molecule has 0 saturated heterocycles. The number of carbonyl (C=O) groups excluding carboxylic acids is 2. The number of alkyl halides is 3. The molecule has 0 aromatic carbocycles. The lowest BCUT2D eigenvalue weighted by molar-refractivity contribution is -0.123. The highest BCUT2D eigenvalue weighted by atomic mass is 32.1. The molecule has 1 aliphatic carbocycles. The van der Waals surface area contributed by atoms with E-state index in [0.29, 0.717) is 27.6 Å². The highest BCUT2D eigenvalue weighted by Crippen LogP contribution is 2.31. The monoisotopic (exact) mass is 423 g/mol. The van der Waals surface area contributed by atoms with Crippen LogP contribution in [0.2, 0.25) is 0 Å². The largest absolute Gasteiger partial charge is 0.405 e. The molecule has 1 saturated carbocycles. The molecule has 0 bridgehead atoms. The Morgan fingerprint density at radius 3 is 2.69 bits per heavy atom. The molecule has 3 aromatic rings. The van der Waals surface area contributed by atoms with Crippen LogP contribution in [-0.4, -0.2) is 38.9 Å². The predicted octanol–water partition coefficient (Wildman–Crippen LogP) is 3.41. The molecule has 1 fully saturated rings. The van der Waals surface area contributed by atoms with Gasteiger partial charge in [0.1, 0.15) is 12.2 Å². The summed E-state index contributed by atoms with van der Waals surface area (Å²) < 4.78 is 38.6. The van der Waals surface area contributed by atoms with E-state index in [9.17, 15) is 22.8 Å². The highest BCUT2D eigenvalue weighted by Gasteiger charge is 2.30. The number of carbonyl (C=O) groups is 2. The van der Waals surface area contributed by atoms with Crippen LogP contribution in [0.25, 0.3) is 16.9 Å². The van der Waals surface area contributed by atoms with Crippen molar-refractivity contribution in [1.82, 2.24) is 19.7 Å². The van der Waals surface area contributed by atoms with Crippen LogP contribution in [0.5, 0.6) is 0 Å². The summed E-state index contributed by atoms with van der Waals surface area (Å²) in [5.74, 6) is -0.398. The number of pyridine rings is 1. The quantitative estimate of drug-likeness (QED) is 0.658. The van der Waals surface area contributed by atoms with Gasteiger partial charge in [-0.3, -0.25) is 9.59 Å². The second-order valence-corrected chi connectivity index (χ2v) is 8.00. The maximum absolute atomic E-state index is 12.3. The molecule has 2 N–H and O–H groups in total. The lowest BCUT2D eigenvalue weighted by Crippen LogP contribution is -2.33. The molecule has 1 aliphatic rings. The SMILES string of the molecule is Cc1sc(C(=O)NCC(F)(F)F)nc1-c1ccc2nc(NC(=O)C3CC3)cn2c1. The zero-order valence-corrected chi connectivity index (χ0v) is 16.0. The molecule has 3 heterocycles.